The van der Waals surface area contributed by atoms with E-state index in [0.717, 1.165) is 31.5 Å². The maximum atomic E-state index is 11.1. The van der Waals surface area contributed by atoms with E-state index in [1.807, 2.05) is 12.1 Å². The molecule has 25 heavy (non-hydrogen) atoms. The van der Waals surface area contributed by atoms with Gasteiger partial charge in [-0.1, -0.05) is 12.1 Å². The van der Waals surface area contributed by atoms with Crippen molar-refractivity contribution in [2.45, 2.75) is 25.8 Å². The molecule has 134 valence electrons. The first-order chi connectivity index (χ1) is 12.2. The molecule has 0 bridgehead atoms. The minimum atomic E-state index is -0.827. The Labute approximate surface area is 146 Å². The molecule has 0 radical (unpaired) electrons. The van der Waals surface area contributed by atoms with E-state index in [0.29, 0.717) is 24.9 Å². The van der Waals surface area contributed by atoms with Gasteiger partial charge < -0.3 is 14.5 Å². The van der Waals surface area contributed by atoms with Crippen molar-refractivity contribution in [2.24, 2.45) is 5.92 Å². The van der Waals surface area contributed by atoms with Crippen molar-refractivity contribution in [3.8, 4) is 0 Å². The maximum absolute atomic E-state index is 11.1. The zero-order chi connectivity index (χ0) is 17.6. The molecule has 0 aliphatic carbocycles. The van der Waals surface area contributed by atoms with Gasteiger partial charge in [0.05, 0.1) is 0 Å². The summed E-state index contributed by atoms with van der Waals surface area (Å²) in [6.45, 7) is 4.99. The molecule has 1 amide bonds. The molecule has 0 aromatic carbocycles. The van der Waals surface area contributed by atoms with E-state index < -0.39 is 6.09 Å². The SMILES string of the molecule is CCN(CC1CCN(C(=O)O)CC1)C(c1ccncc1)c1ncno1. The van der Waals surface area contributed by atoms with E-state index in [9.17, 15) is 4.79 Å². The number of pyridine rings is 1. The fraction of sp³-hybridized carbons (Fsp3) is 0.529. The number of carbonyl (C=O) groups is 1. The molecular weight excluding hydrogens is 322 g/mol. The zero-order valence-electron chi connectivity index (χ0n) is 14.3. The van der Waals surface area contributed by atoms with Crippen LogP contribution in [0.5, 0.6) is 0 Å². The summed E-state index contributed by atoms with van der Waals surface area (Å²) in [5.41, 5.74) is 1.06. The first-order valence-corrected chi connectivity index (χ1v) is 8.57. The van der Waals surface area contributed by atoms with Gasteiger partial charge in [0.15, 0.2) is 6.33 Å². The second-order valence-electron chi connectivity index (χ2n) is 6.26. The second kappa shape index (κ2) is 8.06. The minimum absolute atomic E-state index is 0.118. The van der Waals surface area contributed by atoms with E-state index in [1.165, 1.54) is 11.2 Å². The van der Waals surface area contributed by atoms with Crippen molar-refractivity contribution in [1.82, 2.24) is 24.9 Å². The largest absolute Gasteiger partial charge is 0.465 e. The van der Waals surface area contributed by atoms with E-state index in [-0.39, 0.29) is 6.04 Å². The predicted octanol–water partition coefficient (Wildman–Crippen LogP) is 2.27. The van der Waals surface area contributed by atoms with Crippen molar-refractivity contribution in [1.29, 1.82) is 0 Å². The maximum Gasteiger partial charge on any atom is 0.407 e. The van der Waals surface area contributed by atoms with Crippen molar-refractivity contribution in [2.75, 3.05) is 26.2 Å². The first-order valence-electron chi connectivity index (χ1n) is 8.57. The number of nitrogens with zero attached hydrogens (tertiary/aromatic N) is 5. The molecule has 2 aromatic rings. The first kappa shape index (κ1) is 17.3. The van der Waals surface area contributed by atoms with Crippen LogP contribution in [0.15, 0.2) is 35.4 Å². The quantitative estimate of drug-likeness (QED) is 0.858. The third kappa shape index (κ3) is 4.14. The number of carboxylic acid groups (broad SMARTS) is 1. The summed E-state index contributed by atoms with van der Waals surface area (Å²) in [5, 5.41) is 12.9. The van der Waals surface area contributed by atoms with Crippen LogP contribution in [-0.2, 0) is 0 Å². The molecule has 1 fully saturated rings. The molecule has 1 atom stereocenters. The van der Waals surface area contributed by atoms with Crippen molar-refractivity contribution in [3.05, 3.63) is 42.3 Å². The van der Waals surface area contributed by atoms with Gasteiger partial charge in [0.1, 0.15) is 6.04 Å². The average molecular weight is 345 g/mol. The van der Waals surface area contributed by atoms with Crippen LogP contribution < -0.4 is 0 Å². The molecule has 3 heterocycles. The summed E-state index contributed by atoms with van der Waals surface area (Å²) in [6, 6.07) is 3.81. The van der Waals surface area contributed by atoms with Gasteiger partial charge in [0.25, 0.3) is 0 Å². The summed E-state index contributed by atoms with van der Waals surface area (Å²) in [4.78, 5) is 23.2. The van der Waals surface area contributed by atoms with E-state index in [1.54, 1.807) is 12.4 Å². The predicted molar refractivity (Wildman–Crippen MR) is 89.9 cm³/mol. The standard InChI is InChI=1S/C17H23N5O3/c1-2-21(11-13-5-9-22(10-6-13)17(23)24)15(16-19-12-20-25-16)14-3-7-18-8-4-14/h3-4,7-8,12-13,15H,2,5-6,9-11H2,1H3,(H,23,24). The second-order valence-corrected chi connectivity index (χ2v) is 6.26. The number of hydrogen-bond acceptors (Lipinski definition) is 6. The Hall–Kier alpha value is -2.48. The van der Waals surface area contributed by atoms with Gasteiger partial charge in [-0.25, -0.2) is 4.79 Å². The van der Waals surface area contributed by atoms with E-state index in [2.05, 4.69) is 26.9 Å². The van der Waals surface area contributed by atoms with Crippen molar-refractivity contribution < 1.29 is 14.4 Å². The van der Waals surface area contributed by atoms with Crippen LogP contribution in [0, 0.1) is 5.92 Å². The van der Waals surface area contributed by atoms with Gasteiger partial charge in [-0.05, 0) is 43.0 Å². The molecule has 1 N–H and O–H groups in total. The Kier molecular flexibility index (Phi) is 5.60. The summed E-state index contributed by atoms with van der Waals surface area (Å²) < 4.78 is 5.36. The Morgan fingerprint density at radius 3 is 2.68 bits per heavy atom. The lowest BCUT2D eigenvalue weighted by atomic mass is 9.95. The molecule has 0 spiro atoms. The molecule has 8 heteroatoms. The third-order valence-corrected chi connectivity index (χ3v) is 4.78. The summed E-state index contributed by atoms with van der Waals surface area (Å²) >= 11 is 0. The fourth-order valence-electron chi connectivity index (χ4n) is 3.41. The van der Waals surface area contributed by atoms with Crippen LogP contribution in [0.2, 0.25) is 0 Å². The van der Waals surface area contributed by atoms with E-state index in [4.69, 9.17) is 9.63 Å². The number of aromatic nitrogens is 3. The molecule has 1 aliphatic rings. The number of likely N-dealkylation sites (tertiary alicyclic amines) is 1. The Bertz CT molecular complexity index is 656. The average Bonchev–Trinajstić information content (AvgIpc) is 3.16. The van der Waals surface area contributed by atoms with Gasteiger partial charge in [0.2, 0.25) is 5.89 Å². The van der Waals surface area contributed by atoms with Crippen LogP contribution >= 0.6 is 0 Å². The van der Waals surface area contributed by atoms with Crippen molar-refractivity contribution >= 4 is 6.09 Å². The summed E-state index contributed by atoms with van der Waals surface area (Å²) in [7, 11) is 0. The van der Waals surface area contributed by atoms with Crippen LogP contribution in [-0.4, -0.2) is 62.3 Å². The highest BCUT2D eigenvalue weighted by Gasteiger charge is 2.30. The van der Waals surface area contributed by atoms with Gasteiger partial charge in [0, 0.05) is 32.0 Å². The molecule has 3 rings (SSSR count). The third-order valence-electron chi connectivity index (χ3n) is 4.78. The van der Waals surface area contributed by atoms with Gasteiger partial charge in [-0.3, -0.25) is 9.88 Å². The Balaban J connectivity index is 1.74. The van der Waals surface area contributed by atoms with Gasteiger partial charge >= 0.3 is 6.09 Å². The highest BCUT2D eigenvalue weighted by Crippen LogP contribution is 2.29. The van der Waals surface area contributed by atoms with Gasteiger partial charge in [-0.15, -0.1) is 0 Å². The van der Waals surface area contributed by atoms with Crippen LogP contribution in [0.1, 0.15) is 37.3 Å². The molecule has 8 nitrogen and oxygen atoms in total. The minimum Gasteiger partial charge on any atom is -0.465 e. The number of amides is 1. The Morgan fingerprint density at radius 1 is 1.40 bits per heavy atom. The molecule has 1 unspecified atom stereocenters. The number of hydrogen-bond donors (Lipinski definition) is 1. The summed E-state index contributed by atoms with van der Waals surface area (Å²) in [5.74, 6) is 1.01. The highest BCUT2D eigenvalue weighted by molar-refractivity contribution is 5.64. The number of piperidine rings is 1. The highest BCUT2D eigenvalue weighted by atomic mass is 16.5. The molecule has 2 aromatic heterocycles. The topological polar surface area (TPSA) is 95.6 Å². The van der Waals surface area contributed by atoms with E-state index >= 15 is 0 Å². The monoisotopic (exact) mass is 345 g/mol. The molecular formula is C17H23N5O3. The normalized spacial score (nSPS) is 17.0. The lowest BCUT2D eigenvalue weighted by molar-refractivity contribution is 0.104. The molecule has 0 saturated carbocycles. The fourth-order valence-corrected chi connectivity index (χ4v) is 3.41. The lowest BCUT2D eigenvalue weighted by Crippen LogP contribution is -2.42. The van der Waals surface area contributed by atoms with Crippen LogP contribution in [0.4, 0.5) is 4.79 Å². The van der Waals surface area contributed by atoms with Crippen LogP contribution in [0.3, 0.4) is 0 Å². The van der Waals surface area contributed by atoms with Gasteiger partial charge in [-0.2, -0.15) is 4.98 Å². The smallest absolute Gasteiger partial charge is 0.407 e. The lowest BCUT2D eigenvalue weighted by Gasteiger charge is -2.35. The molecule has 1 saturated heterocycles. The summed E-state index contributed by atoms with van der Waals surface area (Å²) in [6.07, 6.45) is 5.86. The van der Waals surface area contributed by atoms with Crippen LogP contribution in [0.25, 0.3) is 0 Å². The Morgan fingerprint density at radius 2 is 2.12 bits per heavy atom. The number of rotatable bonds is 6. The van der Waals surface area contributed by atoms with Crippen molar-refractivity contribution in [3.63, 3.8) is 0 Å². The zero-order valence-corrected chi connectivity index (χ0v) is 14.3. The molecule has 1 aliphatic heterocycles.